The van der Waals surface area contributed by atoms with Crippen LogP contribution in [0.4, 0.5) is 4.39 Å². The second kappa shape index (κ2) is 6.61. The maximum Gasteiger partial charge on any atom is 0.191 e. The van der Waals surface area contributed by atoms with Crippen molar-refractivity contribution in [1.82, 2.24) is 19.8 Å². The van der Waals surface area contributed by atoms with Gasteiger partial charge in [0.1, 0.15) is 0 Å². The number of fused-ring (bicyclic) bond motifs is 3. The molecule has 0 aliphatic carbocycles. The molecule has 0 spiro atoms. The number of nitrogens with zero attached hydrogens (tertiary/aromatic N) is 2. The first-order valence-corrected chi connectivity index (χ1v) is 8.88. The molecular formula is C19H23FN4O. The molecule has 1 aliphatic rings. The number of hydrogen-bond donors (Lipinski definition) is 2. The van der Waals surface area contributed by atoms with E-state index in [4.69, 9.17) is 0 Å². The van der Waals surface area contributed by atoms with Crippen LogP contribution >= 0.6 is 0 Å². The van der Waals surface area contributed by atoms with Crippen molar-refractivity contribution in [3.63, 3.8) is 0 Å². The van der Waals surface area contributed by atoms with Gasteiger partial charge in [-0.05, 0) is 32.0 Å². The molecule has 5 nitrogen and oxygen atoms in total. The number of aryl methyl sites for hydroxylation is 2. The predicted molar refractivity (Wildman–Crippen MR) is 98.7 cm³/mol. The van der Waals surface area contributed by atoms with Crippen molar-refractivity contribution in [3.8, 4) is 0 Å². The standard InChI is InChI=1S/C19H23FN4O/c1-13-19-16(12-18(20)22-13)15-4-3-14(25)11-17(15)24(19)8-2-7-23-9-5-21-6-10-23/h3-4,11-12,21-22H,2,5-10H2,1H3. The van der Waals surface area contributed by atoms with Crippen LogP contribution in [0.25, 0.3) is 21.8 Å². The predicted octanol–water partition coefficient (Wildman–Crippen LogP) is 2.23. The number of rotatable bonds is 4. The van der Waals surface area contributed by atoms with Crippen LogP contribution in [-0.4, -0.2) is 47.2 Å². The highest BCUT2D eigenvalue weighted by Crippen LogP contribution is 2.30. The molecule has 0 bridgehead atoms. The zero-order valence-corrected chi connectivity index (χ0v) is 14.4. The van der Waals surface area contributed by atoms with Gasteiger partial charge in [0.15, 0.2) is 11.4 Å². The molecule has 1 aliphatic heterocycles. The summed E-state index contributed by atoms with van der Waals surface area (Å²) in [5, 5.41) is 5.17. The Morgan fingerprint density at radius 3 is 2.72 bits per heavy atom. The average Bonchev–Trinajstić information content (AvgIpc) is 2.89. The maximum atomic E-state index is 13.9. The molecule has 3 aromatic rings. The first-order valence-electron chi connectivity index (χ1n) is 8.88. The van der Waals surface area contributed by atoms with Crippen LogP contribution in [0, 0.1) is 12.9 Å². The molecule has 0 amide bonds. The molecule has 0 saturated carbocycles. The van der Waals surface area contributed by atoms with Crippen LogP contribution in [0.1, 0.15) is 12.1 Å². The van der Waals surface area contributed by atoms with Crippen LogP contribution in [-0.2, 0) is 6.54 Å². The number of H-pyrrole nitrogens is 1. The van der Waals surface area contributed by atoms with E-state index >= 15 is 0 Å². The first-order chi connectivity index (χ1) is 12.1. The molecule has 6 heteroatoms. The van der Waals surface area contributed by atoms with Gasteiger partial charge in [0, 0.05) is 61.3 Å². The van der Waals surface area contributed by atoms with E-state index in [9.17, 15) is 9.18 Å². The molecule has 132 valence electrons. The lowest BCUT2D eigenvalue weighted by Gasteiger charge is -2.27. The summed E-state index contributed by atoms with van der Waals surface area (Å²) in [6, 6.07) is 6.56. The van der Waals surface area contributed by atoms with Gasteiger partial charge in [-0.25, -0.2) is 0 Å². The molecule has 25 heavy (non-hydrogen) atoms. The topological polar surface area (TPSA) is 53.1 Å². The van der Waals surface area contributed by atoms with Gasteiger partial charge in [0.2, 0.25) is 0 Å². The van der Waals surface area contributed by atoms with E-state index in [-0.39, 0.29) is 11.4 Å². The van der Waals surface area contributed by atoms with Crippen molar-refractivity contribution in [2.75, 3.05) is 32.7 Å². The Hall–Kier alpha value is -2.18. The molecule has 0 atom stereocenters. The number of hydrogen-bond acceptors (Lipinski definition) is 3. The minimum absolute atomic E-state index is 0.0132. The summed E-state index contributed by atoms with van der Waals surface area (Å²) < 4.78 is 16.0. The number of benzene rings is 1. The fraction of sp³-hybridized carbons (Fsp3) is 0.421. The molecule has 1 saturated heterocycles. The van der Waals surface area contributed by atoms with Gasteiger partial charge in [-0.15, -0.1) is 0 Å². The monoisotopic (exact) mass is 342 g/mol. The minimum Gasteiger partial charge on any atom is -0.339 e. The van der Waals surface area contributed by atoms with Gasteiger partial charge in [-0.2, -0.15) is 4.39 Å². The Balaban J connectivity index is 1.72. The van der Waals surface area contributed by atoms with Crippen LogP contribution < -0.4 is 10.7 Å². The Bertz CT molecular complexity index is 969. The van der Waals surface area contributed by atoms with Gasteiger partial charge in [-0.1, -0.05) is 0 Å². The molecule has 2 aromatic heterocycles. The quantitative estimate of drug-likeness (QED) is 0.715. The molecule has 2 N–H and O–H groups in total. The Morgan fingerprint density at radius 2 is 1.92 bits per heavy atom. The number of aromatic amines is 1. The van der Waals surface area contributed by atoms with E-state index in [1.165, 1.54) is 6.07 Å². The summed E-state index contributed by atoms with van der Waals surface area (Å²) in [5.74, 6) is -0.351. The molecule has 0 radical (unpaired) electrons. The Kier molecular flexibility index (Phi) is 4.31. The maximum absolute atomic E-state index is 13.9. The third-order valence-corrected chi connectivity index (χ3v) is 5.07. The molecule has 1 fully saturated rings. The first kappa shape index (κ1) is 16.3. The minimum atomic E-state index is -0.351. The summed E-state index contributed by atoms with van der Waals surface area (Å²) in [7, 11) is 0. The highest BCUT2D eigenvalue weighted by molar-refractivity contribution is 6.08. The summed E-state index contributed by atoms with van der Waals surface area (Å²) in [5.41, 5.74) is 2.66. The normalized spacial score (nSPS) is 16.1. The lowest BCUT2D eigenvalue weighted by molar-refractivity contribution is 0.235. The average molecular weight is 342 g/mol. The van der Waals surface area contributed by atoms with Crippen LogP contribution in [0.5, 0.6) is 0 Å². The van der Waals surface area contributed by atoms with Crippen LogP contribution in [0.15, 0.2) is 29.1 Å². The zero-order valence-electron chi connectivity index (χ0n) is 14.4. The Labute approximate surface area is 145 Å². The fourth-order valence-electron chi connectivity index (χ4n) is 3.93. The number of aromatic nitrogens is 2. The van der Waals surface area contributed by atoms with Crippen molar-refractivity contribution in [3.05, 3.63) is 46.1 Å². The van der Waals surface area contributed by atoms with Gasteiger partial charge in [0.25, 0.3) is 0 Å². The van der Waals surface area contributed by atoms with Crippen molar-refractivity contribution in [1.29, 1.82) is 0 Å². The van der Waals surface area contributed by atoms with E-state index in [0.717, 1.165) is 73.2 Å². The number of halogens is 1. The summed E-state index contributed by atoms with van der Waals surface area (Å²) in [4.78, 5) is 17.1. The van der Waals surface area contributed by atoms with Crippen molar-refractivity contribution in [2.45, 2.75) is 19.9 Å². The molecule has 0 unspecified atom stereocenters. The second-order valence-electron chi connectivity index (χ2n) is 6.78. The summed E-state index contributed by atoms with van der Waals surface area (Å²) in [6.45, 7) is 7.98. The molecule has 3 heterocycles. The van der Waals surface area contributed by atoms with E-state index in [2.05, 4.69) is 19.8 Å². The van der Waals surface area contributed by atoms with E-state index in [0.29, 0.717) is 0 Å². The van der Waals surface area contributed by atoms with Crippen molar-refractivity contribution in [2.24, 2.45) is 0 Å². The zero-order chi connectivity index (χ0) is 17.4. The summed E-state index contributed by atoms with van der Waals surface area (Å²) in [6.07, 6.45) is 0.999. The highest BCUT2D eigenvalue weighted by Gasteiger charge is 2.15. The van der Waals surface area contributed by atoms with Crippen LogP contribution in [0.2, 0.25) is 0 Å². The third kappa shape index (κ3) is 3.07. The van der Waals surface area contributed by atoms with Crippen LogP contribution in [0.3, 0.4) is 0 Å². The molecule has 4 rings (SSSR count). The lowest BCUT2D eigenvalue weighted by Crippen LogP contribution is -2.43. The fourth-order valence-corrected chi connectivity index (χ4v) is 3.93. The molecule has 1 aromatic carbocycles. The van der Waals surface area contributed by atoms with Gasteiger partial charge >= 0.3 is 0 Å². The van der Waals surface area contributed by atoms with Gasteiger partial charge in [0.05, 0.1) is 11.0 Å². The van der Waals surface area contributed by atoms with E-state index in [1.807, 2.05) is 13.0 Å². The van der Waals surface area contributed by atoms with Gasteiger partial charge < -0.3 is 19.8 Å². The van der Waals surface area contributed by atoms with Gasteiger partial charge in [-0.3, -0.25) is 4.79 Å². The summed E-state index contributed by atoms with van der Waals surface area (Å²) >= 11 is 0. The van der Waals surface area contributed by atoms with Crippen molar-refractivity contribution >= 4 is 21.8 Å². The Morgan fingerprint density at radius 1 is 1.12 bits per heavy atom. The van der Waals surface area contributed by atoms with E-state index < -0.39 is 0 Å². The van der Waals surface area contributed by atoms with Crippen molar-refractivity contribution < 1.29 is 4.39 Å². The number of piperazine rings is 1. The smallest absolute Gasteiger partial charge is 0.191 e. The third-order valence-electron chi connectivity index (χ3n) is 5.07. The second-order valence-corrected chi connectivity index (χ2v) is 6.78. The van der Waals surface area contributed by atoms with E-state index in [1.54, 1.807) is 12.1 Å². The number of pyridine rings is 1. The SMILES string of the molecule is Cc1[nH]c(F)cc2c3ccc(=O)cc3n(CCCN3CCNCC3)c12. The molecular weight excluding hydrogens is 319 g/mol. The number of nitrogens with one attached hydrogen (secondary N) is 2. The largest absolute Gasteiger partial charge is 0.339 e. The highest BCUT2D eigenvalue weighted by atomic mass is 19.1. The lowest BCUT2D eigenvalue weighted by atomic mass is 10.1.